The summed E-state index contributed by atoms with van der Waals surface area (Å²) >= 11 is 0. The Morgan fingerprint density at radius 2 is 1.89 bits per heavy atom. The Balaban J connectivity index is 1.49. The van der Waals surface area contributed by atoms with Gasteiger partial charge in [-0.15, -0.1) is 0 Å². The van der Waals surface area contributed by atoms with Crippen LogP contribution in [0.1, 0.15) is 49.0 Å². The van der Waals surface area contributed by atoms with Gasteiger partial charge in [-0.05, 0) is 45.7 Å². The molecule has 1 aromatic rings. The minimum absolute atomic E-state index is 0.0324. The van der Waals surface area contributed by atoms with E-state index in [0.717, 1.165) is 24.0 Å². The average Bonchev–Trinajstić information content (AvgIpc) is 3.04. The summed E-state index contributed by atoms with van der Waals surface area (Å²) in [7, 11) is 0. The van der Waals surface area contributed by atoms with Crippen LogP contribution in [0.15, 0.2) is 24.3 Å². The fourth-order valence-corrected chi connectivity index (χ4v) is 3.91. The van der Waals surface area contributed by atoms with E-state index in [1.165, 1.54) is 0 Å². The second kappa shape index (κ2) is 8.11. The lowest BCUT2D eigenvalue weighted by molar-refractivity contribution is -0.130. The van der Waals surface area contributed by atoms with Crippen molar-refractivity contribution in [2.45, 2.75) is 52.1 Å². The lowest BCUT2D eigenvalue weighted by atomic mass is 10.0. The Kier molecular flexibility index (Phi) is 5.82. The third-order valence-corrected chi connectivity index (χ3v) is 5.55. The standard InChI is InChI=1S/C21H29N3O3/c1-14(2)24-13-17(12-19(24)25)20(26)22-18-7-9-23(10-8-18)21(27)16-6-4-5-15(3)11-16/h4-6,11,14,17-18H,7-10,12-13H2,1-3H3,(H,22,26). The SMILES string of the molecule is Cc1cccc(C(=O)N2CCC(NC(=O)C3CC(=O)N(C(C)C)C3)CC2)c1. The van der Waals surface area contributed by atoms with E-state index in [-0.39, 0.29) is 35.7 Å². The van der Waals surface area contributed by atoms with Crippen molar-refractivity contribution in [2.24, 2.45) is 5.92 Å². The summed E-state index contributed by atoms with van der Waals surface area (Å²) in [6.07, 6.45) is 1.80. The molecule has 2 heterocycles. The zero-order valence-electron chi connectivity index (χ0n) is 16.4. The molecular formula is C21H29N3O3. The van der Waals surface area contributed by atoms with Crippen molar-refractivity contribution >= 4 is 17.7 Å². The van der Waals surface area contributed by atoms with Crippen LogP contribution in [0.3, 0.4) is 0 Å². The first-order valence-corrected chi connectivity index (χ1v) is 9.81. The number of benzene rings is 1. The normalized spacial score (nSPS) is 21.0. The number of carbonyl (C=O) groups excluding carboxylic acids is 3. The van der Waals surface area contributed by atoms with Crippen LogP contribution in [0.5, 0.6) is 0 Å². The van der Waals surface area contributed by atoms with E-state index < -0.39 is 0 Å². The number of rotatable bonds is 4. The maximum Gasteiger partial charge on any atom is 0.253 e. The van der Waals surface area contributed by atoms with Gasteiger partial charge in [0.15, 0.2) is 0 Å². The molecule has 1 N–H and O–H groups in total. The molecule has 3 rings (SSSR count). The first-order valence-electron chi connectivity index (χ1n) is 9.81. The van der Waals surface area contributed by atoms with Gasteiger partial charge in [0.05, 0.1) is 5.92 Å². The Morgan fingerprint density at radius 1 is 1.19 bits per heavy atom. The van der Waals surface area contributed by atoms with Gasteiger partial charge in [-0.3, -0.25) is 14.4 Å². The minimum Gasteiger partial charge on any atom is -0.353 e. The molecule has 2 fully saturated rings. The highest BCUT2D eigenvalue weighted by molar-refractivity contribution is 5.94. The van der Waals surface area contributed by atoms with Crippen LogP contribution in [0.4, 0.5) is 0 Å². The van der Waals surface area contributed by atoms with Gasteiger partial charge >= 0.3 is 0 Å². The predicted molar refractivity (Wildman–Crippen MR) is 103 cm³/mol. The molecule has 2 aliphatic rings. The van der Waals surface area contributed by atoms with Crippen LogP contribution in [0, 0.1) is 12.8 Å². The molecule has 0 radical (unpaired) electrons. The summed E-state index contributed by atoms with van der Waals surface area (Å²) in [5.74, 6) is -0.178. The van der Waals surface area contributed by atoms with Gasteiger partial charge in [-0.1, -0.05) is 17.7 Å². The van der Waals surface area contributed by atoms with Gasteiger partial charge in [0, 0.05) is 43.7 Å². The van der Waals surface area contributed by atoms with Gasteiger partial charge in [0.2, 0.25) is 11.8 Å². The number of nitrogens with zero attached hydrogens (tertiary/aromatic N) is 2. The average molecular weight is 371 g/mol. The number of amides is 3. The van der Waals surface area contributed by atoms with Gasteiger partial charge in [-0.25, -0.2) is 0 Å². The van der Waals surface area contributed by atoms with Crippen LogP contribution in [0.2, 0.25) is 0 Å². The first kappa shape index (κ1) is 19.4. The number of nitrogens with one attached hydrogen (secondary N) is 1. The molecule has 0 saturated carbocycles. The number of piperidine rings is 1. The Morgan fingerprint density at radius 3 is 2.48 bits per heavy atom. The van der Waals surface area contributed by atoms with Crippen LogP contribution >= 0.6 is 0 Å². The molecule has 0 bridgehead atoms. The molecule has 1 aromatic carbocycles. The number of hydrogen-bond acceptors (Lipinski definition) is 3. The number of carbonyl (C=O) groups is 3. The minimum atomic E-state index is -0.258. The highest BCUT2D eigenvalue weighted by atomic mass is 16.2. The Bertz CT molecular complexity index is 723. The van der Waals surface area contributed by atoms with Crippen LogP contribution in [0.25, 0.3) is 0 Å². The lowest BCUT2D eigenvalue weighted by Gasteiger charge is -2.33. The summed E-state index contributed by atoms with van der Waals surface area (Å²) in [4.78, 5) is 40.8. The summed E-state index contributed by atoms with van der Waals surface area (Å²) < 4.78 is 0. The molecule has 0 aromatic heterocycles. The summed E-state index contributed by atoms with van der Waals surface area (Å²) in [6, 6.07) is 7.84. The van der Waals surface area contributed by atoms with E-state index in [1.807, 2.05) is 49.9 Å². The second-order valence-corrected chi connectivity index (χ2v) is 7.99. The molecule has 146 valence electrons. The molecule has 3 amide bonds. The van der Waals surface area contributed by atoms with Crippen molar-refractivity contribution in [3.05, 3.63) is 35.4 Å². The van der Waals surface area contributed by atoms with E-state index in [9.17, 15) is 14.4 Å². The second-order valence-electron chi connectivity index (χ2n) is 7.99. The number of likely N-dealkylation sites (tertiary alicyclic amines) is 2. The summed E-state index contributed by atoms with van der Waals surface area (Å²) in [6.45, 7) is 7.71. The van der Waals surface area contributed by atoms with E-state index in [1.54, 1.807) is 4.90 Å². The zero-order chi connectivity index (χ0) is 19.6. The van der Waals surface area contributed by atoms with Crippen LogP contribution in [-0.2, 0) is 9.59 Å². The maximum absolute atomic E-state index is 12.6. The van der Waals surface area contributed by atoms with Crippen molar-refractivity contribution in [3.8, 4) is 0 Å². The van der Waals surface area contributed by atoms with E-state index in [0.29, 0.717) is 26.1 Å². The molecule has 1 unspecified atom stereocenters. The van der Waals surface area contributed by atoms with Gasteiger partial charge in [-0.2, -0.15) is 0 Å². The van der Waals surface area contributed by atoms with E-state index in [4.69, 9.17) is 0 Å². The number of hydrogen-bond donors (Lipinski definition) is 1. The quantitative estimate of drug-likeness (QED) is 0.880. The van der Waals surface area contributed by atoms with Crippen molar-refractivity contribution < 1.29 is 14.4 Å². The van der Waals surface area contributed by atoms with Gasteiger partial charge in [0.25, 0.3) is 5.91 Å². The Labute approximate surface area is 160 Å². The zero-order valence-corrected chi connectivity index (χ0v) is 16.4. The van der Waals surface area contributed by atoms with Crippen molar-refractivity contribution in [1.29, 1.82) is 0 Å². The highest BCUT2D eigenvalue weighted by Crippen LogP contribution is 2.21. The third-order valence-electron chi connectivity index (χ3n) is 5.55. The maximum atomic E-state index is 12.6. The number of aryl methyl sites for hydroxylation is 1. The lowest BCUT2D eigenvalue weighted by Crippen LogP contribution is -2.48. The summed E-state index contributed by atoms with van der Waals surface area (Å²) in [5, 5.41) is 3.09. The molecule has 0 aliphatic carbocycles. The van der Waals surface area contributed by atoms with Crippen molar-refractivity contribution in [2.75, 3.05) is 19.6 Å². The molecule has 6 heteroatoms. The Hall–Kier alpha value is -2.37. The molecule has 6 nitrogen and oxygen atoms in total. The fourth-order valence-electron chi connectivity index (χ4n) is 3.91. The fraction of sp³-hybridized carbons (Fsp3) is 0.571. The van der Waals surface area contributed by atoms with Crippen molar-refractivity contribution in [1.82, 2.24) is 15.1 Å². The monoisotopic (exact) mass is 371 g/mol. The topological polar surface area (TPSA) is 69.7 Å². The predicted octanol–water partition coefficient (Wildman–Crippen LogP) is 1.97. The molecular weight excluding hydrogens is 342 g/mol. The molecule has 0 spiro atoms. The first-order chi connectivity index (χ1) is 12.8. The van der Waals surface area contributed by atoms with Gasteiger partial charge in [0.1, 0.15) is 0 Å². The molecule has 1 atom stereocenters. The van der Waals surface area contributed by atoms with E-state index in [2.05, 4.69) is 5.32 Å². The largest absolute Gasteiger partial charge is 0.353 e. The third kappa shape index (κ3) is 4.49. The molecule has 2 aliphatic heterocycles. The van der Waals surface area contributed by atoms with Crippen LogP contribution < -0.4 is 5.32 Å². The summed E-state index contributed by atoms with van der Waals surface area (Å²) in [5.41, 5.74) is 1.79. The van der Waals surface area contributed by atoms with Gasteiger partial charge < -0.3 is 15.1 Å². The van der Waals surface area contributed by atoms with E-state index >= 15 is 0 Å². The van der Waals surface area contributed by atoms with Crippen LogP contribution in [-0.4, -0.2) is 59.2 Å². The molecule has 27 heavy (non-hydrogen) atoms. The van der Waals surface area contributed by atoms with Crippen molar-refractivity contribution in [3.63, 3.8) is 0 Å². The molecule has 2 saturated heterocycles. The highest BCUT2D eigenvalue weighted by Gasteiger charge is 2.36. The smallest absolute Gasteiger partial charge is 0.253 e.